The fraction of sp³-hybridized carbons (Fsp3) is 0.375. The molecule has 1 aromatic heterocycles. The highest BCUT2D eigenvalue weighted by atomic mass is 35.5. The van der Waals surface area contributed by atoms with E-state index < -0.39 is 0 Å². The zero-order valence-corrected chi connectivity index (χ0v) is 16.0. The van der Waals surface area contributed by atoms with Gasteiger partial charge in [-0.3, -0.25) is 4.79 Å². The van der Waals surface area contributed by atoms with Crippen molar-refractivity contribution in [1.29, 1.82) is 0 Å². The highest BCUT2D eigenvalue weighted by molar-refractivity contribution is 7.09. The van der Waals surface area contributed by atoms with Crippen LogP contribution in [0.1, 0.15) is 23.2 Å². The van der Waals surface area contributed by atoms with E-state index in [1.165, 1.54) is 23.5 Å². The first-order chi connectivity index (χ1) is 10.5. The number of hydrogen-bond donors (Lipinski definition) is 1. The van der Waals surface area contributed by atoms with E-state index in [1.807, 2.05) is 12.3 Å². The third-order valence-corrected chi connectivity index (χ3v) is 4.49. The number of nitrogens with zero attached hydrogens (tertiary/aromatic N) is 2. The first-order valence-electron chi connectivity index (χ1n) is 7.13. The second kappa shape index (κ2) is 10.6. The van der Waals surface area contributed by atoms with Crippen molar-refractivity contribution >= 4 is 42.1 Å². The standard InChI is InChI=1S/C16H20FN3OS.2ClH/c1-11(9-18)20(2)16(21)8-14-10-22-15(19-14)7-12-3-5-13(17)6-4-12;;/h3-6,10-11H,7-9,18H2,1-2H3;2*1H. The Morgan fingerprint density at radius 1 is 1.33 bits per heavy atom. The number of aromatic nitrogens is 1. The summed E-state index contributed by atoms with van der Waals surface area (Å²) in [6.45, 7) is 2.36. The Hall–Kier alpha value is -1.21. The van der Waals surface area contributed by atoms with Crippen LogP contribution in [0.15, 0.2) is 29.6 Å². The van der Waals surface area contributed by atoms with E-state index in [2.05, 4.69) is 4.98 Å². The minimum Gasteiger partial charge on any atom is -0.341 e. The first-order valence-corrected chi connectivity index (χ1v) is 8.01. The Labute approximate surface area is 158 Å². The van der Waals surface area contributed by atoms with E-state index in [-0.39, 0.29) is 49.0 Å². The highest BCUT2D eigenvalue weighted by Crippen LogP contribution is 2.16. The second-order valence-electron chi connectivity index (χ2n) is 5.30. The third kappa shape index (κ3) is 6.36. The predicted molar refractivity (Wildman–Crippen MR) is 101 cm³/mol. The summed E-state index contributed by atoms with van der Waals surface area (Å²) in [6.07, 6.45) is 0.926. The van der Waals surface area contributed by atoms with Gasteiger partial charge in [0, 0.05) is 31.4 Å². The molecule has 1 amide bonds. The molecule has 1 atom stereocenters. The van der Waals surface area contributed by atoms with Crippen LogP contribution < -0.4 is 5.73 Å². The van der Waals surface area contributed by atoms with E-state index >= 15 is 0 Å². The molecular formula is C16H22Cl2FN3OS. The number of carbonyl (C=O) groups excluding carboxylic acids is 1. The van der Waals surface area contributed by atoms with Gasteiger partial charge in [-0.15, -0.1) is 36.2 Å². The minimum absolute atomic E-state index is 0. The zero-order valence-electron chi connectivity index (χ0n) is 13.6. The molecule has 4 nitrogen and oxygen atoms in total. The lowest BCUT2D eigenvalue weighted by molar-refractivity contribution is -0.130. The van der Waals surface area contributed by atoms with Crippen LogP contribution in [0.2, 0.25) is 0 Å². The van der Waals surface area contributed by atoms with Crippen molar-refractivity contribution in [2.75, 3.05) is 13.6 Å². The molecule has 0 aliphatic carbocycles. The number of nitrogens with two attached hydrogens (primary N) is 1. The number of halogens is 3. The Bertz CT molecular complexity index is 637. The van der Waals surface area contributed by atoms with Crippen LogP contribution in [-0.4, -0.2) is 35.4 Å². The Morgan fingerprint density at radius 3 is 2.54 bits per heavy atom. The van der Waals surface area contributed by atoms with Crippen molar-refractivity contribution in [3.63, 3.8) is 0 Å². The Morgan fingerprint density at radius 2 is 1.96 bits per heavy atom. The van der Waals surface area contributed by atoms with E-state index in [1.54, 1.807) is 24.1 Å². The molecule has 0 saturated carbocycles. The lowest BCUT2D eigenvalue weighted by Crippen LogP contribution is -2.40. The highest BCUT2D eigenvalue weighted by Gasteiger charge is 2.16. The molecule has 0 spiro atoms. The van der Waals surface area contributed by atoms with Gasteiger partial charge in [-0.05, 0) is 24.6 Å². The number of amides is 1. The SMILES string of the molecule is CC(CN)N(C)C(=O)Cc1csc(Cc2ccc(F)cc2)n1.Cl.Cl. The van der Waals surface area contributed by atoms with Gasteiger partial charge in [0.25, 0.3) is 0 Å². The van der Waals surface area contributed by atoms with Crippen LogP contribution in [0.5, 0.6) is 0 Å². The van der Waals surface area contributed by atoms with E-state index in [0.29, 0.717) is 13.0 Å². The fourth-order valence-corrected chi connectivity index (χ4v) is 2.80. The smallest absolute Gasteiger partial charge is 0.228 e. The van der Waals surface area contributed by atoms with E-state index in [4.69, 9.17) is 5.73 Å². The van der Waals surface area contributed by atoms with Gasteiger partial charge >= 0.3 is 0 Å². The van der Waals surface area contributed by atoms with Crippen molar-refractivity contribution in [1.82, 2.24) is 9.88 Å². The maximum atomic E-state index is 12.9. The summed E-state index contributed by atoms with van der Waals surface area (Å²) >= 11 is 1.52. The molecule has 24 heavy (non-hydrogen) atoms. The normalized spacial score (nSPS) is 11.2. The van der Waals surface area contributed by atoms with Crippen molar-refractivity contribution in [3.05, 3.63) is 51.7 Å². The average molecular weight is 394 g/mol. The van der Waals surface area contributed by atoms with Crippen molar-refractivity contribution in [3.8, 4) is 0 Å². The molecule has 1 heterocycles. The number of carbonyl (C=O) groups is 1. The monoisotopic (exact) mass is 393 g/mol. The number of hydrogen-bond acceptors (Lipinski definition) is 4. The fourth-order valence-electron chi connectivity index (χ4n) is 1.97. The van der Waals surface area contributed by atoms with Gasteiger partial charge in [-0.1, -0.05) is 12.1 Å². The second-order valence-corrected chi connectivity index (χ2v) is 6.24. The summed E-state index contributed by atoms with van der Waals surface area (Å²) in [7, 11) is 1.76. The zero-order chi connectivity index (χ0) is 16.1. The maximum absolute atomic E-state index is 12.9. The number of rotatable bonds is 6. The Kier molecular flexibility index (Phi) is 10.1. The minimum atomic E-state index is -0.244. The van der Waals surface area contributed by atoms with Gasteiger partial charge in [-0.2, -0.15) is 0 Å². The van der Waals surface area contributed by atoms with Gasteiger partial charge in [0.2, 0.25) is 5.91 Å². The molecule has 8 heteroatoms. The summed E-state index contributed by atoms with van der Waals surface area (Å²) in [4.78, 5) is 18.2. The van der Waals surface area contributed by atoms with E-state index in [9.17, 15) is 9.18 Å². The molecular weight excluding hydrogens is 372 g/mol. The summed E-state index contributed by atoms with van der Waals surface area (Å²) < 4.78 is 12.9. The molecule has 0 fully saturated rings. The molecule has 0 saturated heterocycles. The average Bonchev–Trinajstić information content (AvgIpc) is 2.95. The third-order valence-electron chi connectivity index (χ3n) is 3.60. The summed E-state index contributed by atoms with van der Waals surface area (Å²) in [5, 5.41) is 2.82. The first kappa shape index (κ1) is 22.8. The molecule has 134 valence electrons. The van der Waals surface area contributed by atoms with Gasteiger partial charge in [-0.25, -0.2) is 9.37 Å². The molecule has 0 radical (unpaired) electrons. The molecule has 1 unspecified atom stereocenters. The van der Waals surface area contributed by atoms with E-state index in [0.717, 1.165) is 16.3 Å². The summed E-state index contributed by atoms with van der Waals surface area (Å²) in [5.74, 6) is -0.234. The predicted octanol–water partition coefficient (Wildman–Crippen LogP) is 3.06. The Balaban J connectivity index is 0.00000264. The van der Waals surface area contributed by atoms with Crippen molar-refractivity contribution in [2.45, 2.75) is 25.8 Å². The van der Waals surface area contributed by atoms with Crippen molar-refractivity contribution < 1.29 is 9.18 Å². The number of likely N-dealkylation sites (N-methyl/N-ethyl adjacent to an activating group) is 1. The maximum Gasteiger partial charge on any atom is 0.228 e. The number of benzene rings is 1. The molecule has 1 aromatic carbocycles. The van der Waals surface area contributed by atoms with Crippen LogP contribution >= 0.6 is 36.2 Å². The molecule has 2 aromatic rings. The van der Waals surface area contributed by atoms with Crippen LogP contribution in [0.4, 0.5) is 4.39 Å². The van der Waals surface area contributed by atoms with Crippen molar-refractivity contribution in [2.24, 2.45) is 5.73 Å². The quantitative estimate of drug-likeness (QED) is 0.819. The lowest BCUT2D eigenvalue weighted by atomic mass is 10.1. The summed E-state index contributed by atoms with van der Waals surface area (Å²) in [5.41, 5.74) is 7.34. The number of thiazole rings is 1. The van der Waals surface area contributed by atoms with Crippen LogP contribution in [-0.2, 0) is 17.6 Å². The van der Waals surface area contributed by atoms with Gasteiger partial charge in [0.05, 0.1) is 17.1 Å². The lowest BCUT2D eigenvalue weighted by Gasteiger charge is -2.23. The van der Waals surface area contributed by atoms with Gasteiger partial charge in [0.1, 0.15) is 5.82 Å². The summed E-state index contributed by atoms with van der Waals surface area (Å²) in [6, 6.07) is 6.40. The van der Waals surface area contributed by atoms with Crippen LogP contribution in [0.3, 0.4) is 0 Å². The van der Waals surface area contributed by atoms with Gasteiger partial charge < -0.3 is 10.6 Å². The van der Waals surface area contributed by atoms with Gasteiger partial charge in [0.15, 0.2) is 0 Å². The topological polar surface area (TPSA) is 59.2 Å². The molecule has 2 N–H and O–H groups in total. The van der Waals surface area contributed by atoms with Crippen LogP contribution in [0, 0.1) is 5.82 Å². The molecule has 2 rings (SSSR count). The van der Waals surface area contributed by atoms with Crippen LogP contribution in [0.25, 0.3) is 0 Å². The molecule has 0 bridgehead atoms. The largest absolute Gasteiger partial charge is 0.341 e. The molecule has 0 aliphatic heterocycles. The molecule has 0 aliphatic rings.